The van der Waals surface area contributed by atoms with Gasteiger partial charge in [-0.25, -0.2) is 34.9 Å². The first-order valence-corrected chi connectivity index (χ1v) is 10.9. The van der Waals surface area contributed by atoms with Crippen LogP contribution in [0.5, 0.6) is 0 Å². The Bertz CT molecular complexity index is 1360. The molecule has 0 aliphatic carbocycles. The molecule has 0 saturated heterocycles. The third-order valence-electron chi connectivity index (χ3n) is 5.71. The molecular weight excluding hydrogens is 412 g/mol. The van der Waals surface area contributed by atoms with Crippen LogP contribution in [0.3, 0.4) is 0 Å². The van der Waals surface area contributed by atoms with Crippen molar-refractivity contribution >= 4 is 11.0 Å². The monoisotopic (exact) mass is 436 g/mol. The number of fused-ring (bicyclic) bond motifs is 1. The Labute approximate surface area is 191 Å². The van der Waals surface area contributed by atoms with E-state index in [1.54, 1.807) is 12.4 Å². The van der Waals surface area contributed by atoms with Crippen molar-refractivity contribution in [1.82, 2.24) is 39.5 Å². The number of hydrogen-bond donors (Lipinski definition) is 0. The molecule has 0 fully saturated rings. The lowest BCUT2D eigenvalue weighted by Crippen LogP contribution is -2.05. The first-order chi connectivity index (χ1) is 16.1. The Hall–Kier alpha value is -4.07. The highest BCUT2D eigenvalue weighted by atomic mass is 15.2. The second kappa shape index (κ2) is 8.82. The van der Waals surface area contributed by atoms with E-state index in [0.29, 0.717) is 17.7 Å². The average molecular weight is 437 g/mol. The maximum atomic E-state index is 4.93. The van der Waals surface area contributed by atoms with Gasteiger partial charge in [-0.2, -0.15) is 0 Å². The maximum absolute atomic E-state index is 4.93. The molecule has 5 aromatic heterocycles. The fraction of sp³-hybridized carbons (Fsp3) is 0.240. The minimum absolute atomic E-state index is 0.209. The molecule has 5 aromatic rings. The van der Waals surface area contributed by atoms with Crippen LogP contribution in [0.2, 0.25) is 0 Å². The number of nitrogens with zero attached hydrogens (tertiary/aromatic N) is 8. The van der Waals surface area contributed by atoms with Crippen molar-refractivity contribution in [2.45, 2.75) is 39.0 Å². The molecule has 0 aliphatic rings. The lowest BCUT2D eigenvalue weighted by Gasteiger charge is -2.12. The van der Waals surface area contributed by atoms with Gasteiger partial charge >= 0.3 is 0 Å². The molecule has 33 heavy (non-hydrogen) atoms. The Morgan fingerprint density at radius 3 is 2.18 bits per heavy atom. The van der Waals surface area contributed by atoms with Gasteiger partial charge in [-0.15, -0.1) is 0 Å². The first-order valence-electron chi connectivity index (χ1n) is 10.9. The highest BCUT2D eigenvalue weighted by Gasteiger charge is 2.13. The van der Waals surface area contributed by atoms with Crippen molar-refractivity contribution < 1.29 is 0 Å². The zero-order valence-electron chi connectivity index (χ0n) is 18.8. The predicted octanol–water partition coefficient (Wildman–Crippen LogP) is 4.53. The van der Waals surface area contributed by atoms with Crippen molar-refractivity contribution in [3.63, 3.8) is 0 Å². The van der Waals surface area contributed by atoms with Gasteiger partial charge in [0.15, 0.2) is 5.82 Å². The molecule has 164 valence electrons. The van der Waals surface area contributed by atoms with Crippen molar-refractivity contribution in [3.05, 3.63) is 84.7 Å². The molecule has 0 bridgehead atoms. The van der Waals surface area contributed by atoms with Gasteiger partial charge in [0, 0.05) is 54.5 Å². The molecule has 0 amide bonds. The number of rotatable bonds is 6. The minimum Gasteiger partial charge on any atom is -0.269 e. The van der Waals surface area contributed by atoms with Crippen LogP contribution in [0.15, 0.2) is 67.9 Å². The maximum Gasteiger partial charge on any atom is 0.235 e. The van der Waals surface area contributed by atoms with E-state index in [9.17, 15) is 0 Å². The summed E-state index contributed by atoms with van der Waals surface area (Å²) < 4.78 is 1.94. The normalized spacial score (nSPS) is 12.4. The van der Waals surface area contributed by atoms with Gasteiger partial charge in [0.05, 0.1) is 5.56 Å². The smallest absolute Gasteiger partial charge is 0.235 e. The van der Waals surface area contributed by atoms with Gasteiger partial charge in [-0.3, -0.25) is 4.57 Å². The topological polar surface area (TPSA) is 95.2 Å². The molecule has 0 radical (unpaired) electrons. The SMILES string of the molecule is CC(C)c1cnc(-n2ccc3ccc(C[C@@H](C)c4cnc(-c5cncnc5)nc4)nc32)nc1. The molecule has 8 nitrogen and oxygen atoms in total. The molecule has 0 aromatic carbocycles. The van der Waals surface area contributed by atoms with Crippen LogP contribution < -0.4 is 0 Å². The highest BCUT2D eigenvalue weighted by Crippen LogP contribution is 2.23. The van der Waals surface area contributed by atoms with Gasteiger partial charge in [0.25, 0.3) is 0 Å². The lowest BCUT2D eigenvalue weighted by molar-refractivity contribution is 0.733. The summed E-state index contributed by atoms with van der Waals surface area (Å²) in [6.45, 7) is 6.42. The minimum atomic E-state index is 0.209. The predicted molar refractivity (Wildman–Crippen MR) is 126 cm³/mol. The summed E-state index contributed by atoms with van der Waals surface area (Å²) in [5.74, 6) is 1.85. The second-order valence-corrected chi connectivity index (χ2v) is 8.44. The quantitative estimate of drug-likeness (QED) is 0.386. The standard InChI is InChI=1S/C25H24N8/c1-16(2)19-11-30-25(31-12-19)33-7-6-18-4-5-22(32-24(18)33)8-17(3)20-13-28-23(29-14-20)21-9-26-15-27-10-21/h4-7,9-17H,8H2,1-3H3/t17-/m1/s1. The van der Waals surface area contributed by atoms with Crippen LogP contribution in [0.4, 0.5) is 0 Å². The Kier molecular flexibility index (Phi) is 5.56. The van der Waals surface area contributed by atoms with Crippen LogP contribution in [0, 0.1) is 0 Å². The molecule has 0 spiro atoms. The summed E-state index contributed by atoms with van der Waals surface area (Å²) >= 11 is 0. The van der Waals surface area contributed by atoms with Crippen molar-refractivity contribution in [2.24, 2.45) is 0 Å². The zero-order valence-corrected chi connectivity index (χ0v) is 18.8. The summed E-state index contributed by atoms with van der Waals surface area (Å²) in [7, 11) is 0. The summed E-state index contributed by atoms with van der Waals surface area (Å²) in [5, 5.41) is 1.06. The van der Waals surface area contributed by atoms with E-state index in [0.717, 1.165) is 39.8 Å². The first kappa shape index (κ1) is 20.8. The third kappa shape index (κ3) is 4.32. The van der Waals surface area contributed by atoms with Crippen LogP contribution in [0.1, 0.15) is 49.4 Å². The largest absolute Gasteiger partial charge is 0.269 e. The lowest BCUT2D eigenvalue weighted by atomic mass is 9.98. The van der Waals surface area contributed by atoms with Crippen molar-refractivity contribution in [3.8, 4) is 17.3 Å². The molecule has 0 N–H and O–H groups in total. The zero-order chi connectivity index (χ0) is 22.8. The fourth-order valence-corrected chi connectivity index (χ4v) is 3.66. The second-order valence-electron chi connectivity index (χ2n) is 8.44. The third-order valence-corrected chi connectivity index (χ3v) is 5.71. The summed E-state index contributed by atoms with van der Waals surface area (Å²) in [5.41, 5.74) is 4.82. The average Bonchev–Trinajstić information content (AvgIpc) is 3.28. The van der Waals surface area contributed by atoms with Gasteiger partial charge in [0.2, 0.25) is 5.95 Å². The molecule has 0 unspecified atom stereocenters. The van der Waals surface area contributed by atoms with Crippen LogP contribution in [-0.4, -0.2) is 39.5 Å². The fourth-order valence-electron chi connectivity index (χ4n) is 3.66. The van der Waals surface area contributed by atoms with Crippen molar-refractivity contribution in [1.29, 1.82) is 0 Å². The van der Waals surface area contributed by atoms with E-state index < -0.39 is 0 Å². The summed E-state index contributed by atoms with van der Waals surface area (Å²) in [6, 6.07) is 6.20. The number of hydrogen-bond acceptors (Lipinski definition) is 7. The highest BCUT2D eigenvalue weighted by molar-refractivity contribution is 5.77. The van der Waals surface area contributed by atoms with Gasteiger partial charge in [-0.05, 0) is 47.6 Å². The van der Waals surface area contributed by atoms with E-state index >= 15 is 0 Å². The summed E-state index contributed by atoms with van der Waals surface area (Å²) in [4.78, 5) is 31.1. The molecule has 0 saturated carbocycles. The summed E-state index contributed by atoms with van der Waals surface area (Å²) in [6.07, 6.45) is 15.1. The molecule has 5 heterocycles. The van der Waals surface area contributed by atoms with Gasteiger partial charge in [-0.1, -0.05) is 20.8 Å². The number of aromatic nitrogens is 8. The molecule has 1 atom stereocenters. The number of pyridine rings is 1. The molecule has 0 aliphatic heterocycles. The van der Waals surface area contributed by atoms with Crippen LogP contribution >= 0.6 is 0 Å². The van der Waals surface area contributed by atoms with Crippen LogP contribution in [-0.2, 0) is 6.42 Å². The van der Waals surface area contributed by atoms with E-state index in [-0.39, 0.29) is 5.92 Å². The Morgan fingerprint density at radius 1 is 0.788 bits per heavy atom. The van der Waals surface area contributed by atoms with Crippen molar-refractivity contribution in [2.75, 3.05) is 0 Å². The van der Waals surface area contributed by atoms with E-state index in [4.69, 9.17) is 4.98 Å². The molecule has 8 heteroatoms. The van der Waals surface area contributed by atoms with E-state index in [2.05, 4.69) is 62.8 Å². The van der Waals surface area contributed by atoms with E-state index in [1.807, 2.05) is 41.6 Å². The molecular formula is C25H24N8. The Balaban J connectivity index is 1.37. The molecule has 5 rings (SSSR count). The van der Waals surface area contributed by atoms with E-state index in [1.165, 1.54) is 6.33 Å². The van der Waals surface area contributed by atoms with Gasteiger partial charge in [0.1, 0.15) is 12.0 Å². The van der Waals surface area contributed by atoms with Crippen LogP contribution in [0.25, 0.3) is 28.4 Å². The van der Waals surface area contributed by atoms with Gasteiger partial charge < -0.3 is 0 Å². The Morgan fingerprint density at radius 2 is 1.48 bits per heavy atom.